The number of alkyl halides is 30. The van der Waals surface area contributed by atoms with Gasteiger partial charge in [-0.05, 0) is 0 Å². The van der Waals surface area contributed by atoms with Gasteiger partial charge >= 0.3 is 60.1 Å². The summed E-state index contributed by atoms with van der Waals surface area (Å²) in [6.45, 7) is 0. The molecule has 290 valence electrons. The molecular formula is C16H4Cl8F22O2. The van der Waals surface area contributed by atoms with Gasteiger partial charge in [0.1, 0.15) is 0 Å². The van der Waals surface area contributed by atoms with E-state index in [-0.39, 0.29) is 0 Å². The summed E-state index contributed by atoms with van der Waals surface area (Å²) in [5.41, 5.74) is 0. The van der Waals surface area contributed by atoms with Crippen LogP contribution in [0.4, 0.5) is 96.6 Å². The Balaban J connectivity index is 6.76. The quantitative estimate of drug-likeness (QED) is 0.0705. The molecular weight excluding hydrogens is 926 g/mol. The summed E-state index contributed by atoms with van der Waals surface area (Å²) in [6.07, 6.45) is -34.4. The van der Waals surface area contributed by atoms with E-state index in [2.05, 4.69) is 92.8 Å². The minimum absolute atomic E-state index is 1.53. The highest BCUT2D eigenvalue weighted by molar-refractivity contribution is 6.63. The van der Waals surface area contributed by atoms with Crippen LogP contribution < -0.4 is 0 Å². The molecule has 0 aromatic heterocycles. The maximum absolute atomic E-state index is 14.3. The van der Waals surface area contributed by atoms with Crippen molar-refractivity contribution in [3.8, 4) is 0 Å². The first-order chi connectivity index (χ1) is 20.1. The molecule has 0 fully saturated rings. The second-order valence-electron chi connectivity index (χ2n) is 8.79. The van der Waals surface area contributed by atoms with E-state index in [0.717, 1.165) is 0 Å². The Labute approximate surface area is 288 Å². The van der Waals surface area contributed by atoms with E-state index in [0.29, 0.717) is 0 Å². The van der Waals surface area contributed by atoms with Crippen LogP contribution in [0.3, 0.4) is 0 Å². The van der Waals surface area contributed by atoms with Gasteiger partial charge in [0, 0.05) is 0 Å². The SMILES string of the molecule is FC(F)(F)CC(Cl)(Cl)C(Cl)(Cl)C(F)(F)C(F)(F)C(F)(F)C(F)(F)OOC(F)(F)C(F)(F)C(F)(F)C(F)(F)C(Cl)(Cl)C(Cl)(Cl)CC(F)(F)F. The van der Waals surface area contributed by atoms with Crippen molar-refractivity contribution in [2.75, 3.05) is 0 Å². The van der Waals surface area contributed by atoms with Crippen molar-refractivity contribution in [1.29, 1.82) is 0 Å². The zero-order valence-corrected chi connectivity index (χ0v) is 26.6. The zero-order valence-electron chi connectivity index (χ0n) is 20.6. The second kappa shape index (κ2) is 13.2. The van der Waals surface area contributed by atoms with E-state index in [1.54, 1.807) is 0 Å². The Morgan fingerprint density at radius 3 is 0.646 bits per heavy atom. The van der Waals surface area contributed by atoms with E-state index in [1.165, 1.54) is 9.78 Å². The molecule has 0 atom stereocenters. The van der Waals surface area contributed by atoms with Crippen molar-refractivity contribution in [3.63, 3.8) is 0 Å². The maximum atomic E-state index is 14.3. The van der Waals surface area contributed by atoms with Gasteiger partial charge in [-0.25, -0.2) is 0 Å². The summed E-state index contributed by atoms with van der Waals surface area (Å²) in [5, 5.41) is 0. The third kappa shape index (κ3) is 8.10. The average Bonchev–Trinajstić information content (AvgIpc) is 2.78. The van der Waals surface area contributed by atoms with Gasteiger partial charge in [-0.2, -0.15) is 106 Å². The molecule has 48 heavy (non-hydrogen) atoms. The summed E-state index contributed by atoms with van der Waals surface area (Å²) in [5.74, 6) is -48.1. The molecule has 0 aromatic rings. The zero-order chi connectivity index (χ0) is 39.8. The third-order valence-electron chi connectivity index (χ3n) is 5.11. The lowest BCUT2D eigenvalue weighted by atomic mass is 9.96. The van der Waals surface area contributed by atoms with E-state index < -0.39 is 90.3 Å². The van der Waals surface area contributed by atoms with Crippen molar-refractivity contribution in [1.82, 2.24) is 0 Å². The fourth-order valence-electron chi connectivity index (χ4n) is 2.55. The van der Waals surface area contributed by atoms with Crippen molar-refractivity contribution in [3.05, 3.63) is 0 Å². The fourth-order valence-corrected chi connectivity index (χ4v) is 4.37. The lowest BCUT2D eigenvalue weighted by molar-refractivity contribution is -0.589. The smallest absolute Gasteiger partial charge is 0.196 e. The summed E-state index contributed by atoms with van der Waals surface area (Å²) >= 11 is 36.8. The lowest BCUT2D eigenvalue weighted by Crippen LogP contribution is -2.71. The molecule has 0 aliphatic heterocycles. The first kappa shape index (κ1) is 48.7. The van der Waals surface area contributed by atoms with Gasteiger partial charge in [0.15, 0.2) is 8.67 Å². The number of halogens is 30. The molecule has 0 aliphatic rings. The molecule has 0 saturated carbocycles. The molecule has 0 spiro atoms. The first-order valence-electron chi connectivity index (χ1n) is 10.2. The van der Waals surface area contributed by atoms with Crippen LogP contribution >= 0.6 is 92.8 Å². The number of rotatable bonds is 15. The van der Waals surface area contributed by atoms with Crippen molar-refractivity contribution in [2.45, 2.75) is 90.3 Å². The topological polar surface area (TPSA) is 18.5 Å². The molecule has 0 bridgehead atoms. The standard InChI is InChI=1S/C16H4Cl8F22O2/c17-3(18,1-5(25,26)27)7(21,22)9(31,32)11(35,36)13(39,40)15(43,44)47-48-16(45,46)14(41,42)12(37,38)10(33,34)8(23,24)4(19,20)2-6(28,29)30/h1-2H2. The van der Waals surface area contributed by atoms with Crippen LogP contribution in [-0.4, -0.2) is 77.4 Å². The number of hydrogen-bond donors (Lipinski definition) is 0. The molecule has 32 heteroatoms. The summed E-state index contributed by atoms with van der Waals surface area (Å²) < 4.78 is 279. The second-order valence-corrected chi connectivity index (χ2v) is 14.4. The predicted molar refractivity (Wildman–Crippen MR) is 121 cm³/mol. The Morgan fingerprint density at radius 1 is 0.292 bits per heavy atom. The Hall–Kier alpha value is 0.700. The van der Waals surface area contributed by atoms with Crippen LogP contribution in [0.25, 0.3) is 0 Å². The van der Waals surface area contributed by atoms with Crippen LogP contribution in [0.15, 0.2) is 0 Å². The average molecular weight is 930 g/mol. The molecule has 0 aromatic carbocycles. The molecule has 0 saturated heterocycles. The first-order valence-corrected chi connectivity index (χ1v) is 13.2. The summed E-state index contributed by atoms with van der Waals surface area (Å²) in [6, 6.07) is 0. The van der Waals surface area contributed by atoms with Crippen molar-refractivity contribution < 1.29 is 106 Å². The highest BCUT2D eigenvalue weighted by Gasteiger charge is 2.91. The normalized spacial score (nSPS) is 16.9. The van der Waals surface area contributed by atoms with Crippen LogP contribution in [0.5, 0.6) is 0 Å². The minimum atomic E-state index is -8.33. The van der Waals surface area contributed by atoms with E-state index >= 15 is 0 Å². The van der Waals surface area contributed by atoms with E-state index in [4.69, 9.17) is 0 Å². The molecule has 0 radical (unpaired) electrons. The van der Waals surface area contributed by atoms with Gasteiger partial charge in [-0.15, -0.1) is 0 Å². The maximum Gasteiger partial charge on any atom is 0.452 e. The van der Waals surface area contributed by atoms with Gasteiger partial charge in [-0.3, -0.25) is 0 Å². The molecule has 0 amide bonds. The molecule has 0 aliphatic carbocycles. The van der Waals surface area contributed by atoms with Crippen LogP contribution in [-0.2, 0) is 9.78 Å². The van der Waals surface area contributed by atoms with Gasteiger partial charge < -0.3 is 0 Å². The van der Waals surface area contributed by atoms with Gasteiger partial charge in [-0.1, -0.05) is 92.8 Å². The fraction of sp³-hybridized carbons (Fsp3) is 1.00. The highest BCUT2D eigenvalue weighted by atomic mass is 35.5. The molecule has 2 nitrogen and oxygen atoms in total. The van der Waals surface area contributed by atoms with Crippen molar-refractivity contribution in [2.24, 2.45) is 0 Å². The van der Waals surface area contributed by atoms with Crippen molar-refractivity contribution >= 4 is 92.8 Å². The molecule has 0 heterocycles. The summed E-state index contributed by atoms with van der Waals surface area (Å²) in [4.78, 5) is 3.06. The summed E-state index contributed by atoms with van der Waals surface area (Å²) in [7, 11) is 0. The third-order valence-corrected chi connectivity index (χ3v) is 9.79. The van der Waals surface area contributed by atoms with Gasteiger partial charge in [0.2, 0.25) is 8.67 Å². The van der Waals surface area contributed by atoms with Crippen LogP contribution in [0.2, 0.25) is 0 Å². The Kier molecular flexibility index (Phi) is 13.4. The predicted octanol–water partition coefficient (Wildman–Crippen LogP) is 12.5. The monoisotopic (exact) mass is 926 g/mol. The molecule has 0 N–H and O–H groups in total. The van der Waals surface area contributed by atoms with E-state index in [1.807, 2.05) is 0 Å². The lowest BCUT2D eigenvalue weighted by Gasteiger charge is -2.45. The van der Waals surface area contributed by atoms with Gasteiger partial charge in [0.25, 0.3) is 0 Å². The number of hydrogen-bond acceptors (Lipinski definition) is 2. The van der Waals surface area contributed by atoms with Crippen LogP contribution in [0.1, 0.15) is 12.8 Å². The minimum Gasteiger partial charge on any atom is -0.196 e. The van der Waals surface area contributed by atoms with Gasteiger partial charge in [0.05, 0.1) is 12.8 Å². The van der Waals surface area contributed by atoms with E-state index in [9.17, 15) is 96.6 Å². The Bertz CT molecular complexity index is 1060. The highest BCUT2D eigenvalue weighted by Crippen LogP contribution is 2.66. The largest absolute Gasteiger partial charge is 0.452 e. The Morgan fingerprint density at radius 2 is 0.479 bits per heavy atom. The molecule has 0 rings (SSSR count). The van der Waals surface area contributed by atoms with Crippen LogP contribution in [0, 0.1) is 0 Å². The molecule has 0 unspecified atom stereocenters.